The highest BCUT2D eigenvalue weighted by molar-refractivity contribution is 5.94. The molecule has 1 fully saturated rings. The Morgan fingerprint density at radius 1 is 0.970 bits per heavy atom. The van der Waals surface area contributed by atoms with E-state index in [1.807, 2.05) is 23.1 Å². The summed E-state index contributed by atoms with van der Waals surface area (Å²) in [5, 5.41) is 2.06. The van der Waals surface area contributed by atoms with Crippen molar-refractivity contribution in [1.82, 2.24) is 9.80 Å². The molecule has 5 nitrogen and oxygen atoms in total. The van der Waals surface area contributed by atoms with E-state index in [0.717, 1.165) is 61.4 Å². The van der Waals surface area contributed by atoms with Gasteiger partial charge in [0.05, 0.1) is 6.61 Å². The number of fused-ring (bicyclic) bond motifs is 2. The molecule has 6 heteroatoms. The van der Waals surface area contributed by atoms with Gasteiger partial charge in [0.2, 0.25) is 5.91 Å². The van der Waals surface area contributed by atoms with E-state index in [0.29, 0.717) is 19.7 Å². The Bertz CT molecular complexity index is 1160. The van der Waals surface area contributed by atoms with Gasteiger partial charge in [-0.3, -0.25) is 9.69 Å². The zero-order valence-electron chi connectivity index (χ0n) is 19.1. The average molecular weight is 448 g/mol. The van der Waals surface area contributed by atoms with Crippen molar-refractivity contribution in [2.75, 3.05) is 44.2 Å². The first-order chi connectivity index (χ1) is 16.1. The molecule has 5 rings (SSSR count). The molecule has 2 aliphatic heterocycles. The molecule has 2 aliphatic rings. The smallest absolute Gasteiger partial charge is 0.220 e. The maximum atomic E-state index is 13.8. The summed E-state index contributed by atoms with van der Waals surface area (Å²) in [6, 6.07) is 17.4. The van der Waals surface area contributed by atoms with Crippen molar-refractivity contribution >= 4 is 22.4 Å². The Hall–Kier alpha value is -3.12. The first-order valence-electron chi connectivity index (χ1n) is 11.7. The van der Waals surface area contributed by atoms with Crippen molar-refractivity contribution in [3.05, 3.63) is 71.5 Å². The van der Waals surface area contributed by atoms with Gasteiger partial charge in [0.1, 0.15) is 11.6 Å². The number of ether oxygens (including phenoxy) is 1. The number of carbonyl (C=O) groups excluding carboxylic acids is 1. The van der Waals surface area contributed by atoms with E-state index >= 15 is 0 Å². The Morgan fingerprint density at radius 3 is 2.61 bits per heavy atom. The third-order valence-electron chi connectivity index (χ3n) is 6.77. The van der Waals surface area contributed by atoms with Crippen LogP contribution in [-0.2, 0) is 17.9 Å². The fourth-order valence-electron chi connectivity index (χ4n) is 4.88. The minimum absolute atomic E-state index is 0.112. The molecule has 0 aromatic heterocycles. The predicted molar refractivity (Wildman–Crippen MR) is 129 cm³/mol. The normalized spacial score (nSPS) is 16.3. The number of nitrogens with zero attached hydrogens (tertiary/aromatic N) is 3. The maximum absolute atomic E-state index is 13.8. The van der Waals surface area contributed by atoms with Crippen molar-refractivity contribution in [3.63, 3.8) is 0 Å². The van der Waals surface area contributed by atoms with E-state index in [1.165, 1.54) is 17.2 Å². The second-order valence-corrected chi connectivity index (χ2v) is 8.98. The minimum Gasteiger partial charge on any atom is -0.494 e. The van der Waals surface area contributed by atoms with E-state index in [2.05, 4.69) is 34.1 Å². The van der Waals surface area contributed by atoms with Crippen LogP contribution in [0.4, 0.5) is 10.1 Å². The number of hydrogen-bond donors (Lipinski definition) is 0. The second-order valence-electron chi connectivity index (χ2n) is 8.98. The van der Waals surface area contributed by atoms with Crippen LogP contribution >= 0.6 is 0 Å². The number of rotatable bonds is 6. The molecule has 0 unspecified atom stereocenters. The molecule has 0 saturated carbocycles. The molecule has 3 aromatic carbocycles. The van der Waals surface area contributed by atoms with Crippen LogP contribution in [0.5, 0.6) is 5.75 Å². The maximum Gasteiger partial charge on any atom is 0.220 e. The van der Waals surface area contributed by atoms with Gasteiger partial charge in [-0.1, -0.05) is 24.3 Å². The van der Waals surface area contributed by atoms with E-state index in [-0.39, 0.29) is 11.7 Å². The summed E-state index contributed by atoms with van der Waals surface area (Å²) < 4.78 is 19.8. The molecule has 0 atom stereocenters. The molecule has 0 spiro atoms. The zero-order chi connectivity index (χ0) is 22.8. The molecule has 172 valence electrons. The summed E-state index contributed by atoms with van der Waals surface area (Å²) >= 11 is 0. The van der Waals surface area contributed by atoms with Crippen LogP contribution in [0.3, 0.4) is 0 Å². The van der Waals surface area contributed by atoms with Crippen molar-refractivity contribution in [2.45, 2.75) is 26.4 Å². The first kappa shape index (κ1) is 21.7. The molecule has 33 heavy (non-hydrogen) atoms. The van der Waals surface area contributed by atoms with Gasteiger partial charge in [-0.2, -0.15) is 0 Å². The average Bonchev–Trinajstić information content (AvgIpc) is 3.26. The molecule has 0 aliphatic carbocycles. The van der Waals surface area contributed by atoms with E-state index in [9.17, 15) is 9.18 Å². The van der Waals surface area contributed by atoms with Gasteiger partial charge >= 0.3 is 0 Å². The number of halogens is 1. The number of anilines is 1. The quantitative estimate of drug-likeness (QED) is 0.524. The van der Waals surface area contributed by atoms with Crippen molar-refractivity contribution < 1.29 is 13.9 Å². The molecular weight excluding hydrogens is 417 g/mol. The summed E-state index contributed by atoms with van der Waals surface area (Å²) in [5.74, 6) is 0.807. The SMILES string of the molecule is CC(=O)N1Cc2ccc(OCCCN3CCN(c4cccc5ccc(F)cc45)CC3)cc2C1. The van der Waals surface area contributed by atoms with Crippen LogP contribution < -0.4 is 9.64 Å². The summed E-state index contributed by atoms with van der Waals surface area (Å²) in [6.45, 7) is 8.53. The van der Waals surface area contributed by atoms with Crippen LogP contribution in [0.1, 0.15) is 24.5 Å². The molecular formula is C27H30FN3O2. The largest absolute Gasteiger partial charge is 0.494 e. The van der Waals surface area contributed by atoms with Gasteiger partial charge in [0.15, 0.2) is 0 Å². The van der Waals surface area contributed by atoms with Crippen molar-refractivity contribution in [3.8, 4) is 5.75 Å². The topological polar surface area (TPSA) is 36.0 Å². The molecule has 1 amide bonds. The number of benzene rings is 3. The number of amides is 1. The molecule has 3 aromatic rings. The Balaban J connectivity index is 1.09. The lowest BCUT2D eigenvalue weighted by molar-refractivity contribution is -0.129. The number of piperazine rings is 1. The lowest BCUT2D eigenvalue weighted by Gasteiger charge is -2.36. The van der Waals surface area contributed by atoms with Gasteiger partial charge in [0, 0.05) is 63.8 Å². The van der Waals surface area contributed by atoms with Gasteiger partial charge in [0.25, 0.3) is 0 Å². The standard InChI is InChI=1S/C27H30FN3O2/c1-20(32)31-18-22-7-9-25(16-23(22)19-31)33-15-3-10-29-11-13-30(14-12-29)27-5-2-4-21-6-8-24(28)17-26(21)27/h2,4-9,16-17H,3,10-15,18-19H2,1H3. The van der Waals surface area contributed by atoms with Gasteiger partial charge < -0.3 is 14.5 Å². The van der Waals surface area contributed by atoms with Crippen LogP contribution in [0.25, 0.3) is 10.8 Å². The Labute approximate surface area is 194 Å². The Kier molecular flexibility index (Phi) is 6.18. The molecule has 0 radical (unpaired) electrons. The highest BCUT2D eigenvalue weighted by Gasteiger charge is 2.21. The zero-order valence-corrected chi connectivity index (χ0v) is 19.1. The third-order valence-corrected chi connectivity index (χ3v) is 6.77. The van der Waals surface area contributed by atoms with Crippen molar-refractivity contribution in [1.29, 1.82) is 0 Å². The van der Waals surface area contributed by atoms with Gasteiger partial charge in [-0.15, -0.1) is 0 Å². The van der Waals surface area contributed by atoms with Crippen LogP contribution in [0, 0.1) is 5.82 Å². The molecule has 2 heterocycles. The fraction of sp³-hybridized carbons (Fsp3) is 0.370. The summed E-state index contributed by atoms with van der Waals surface area (Å²) in [7, 11) is 0. The van der Waals surface area contributed by atoms with Crippen LogP contribution in [0.15, 0.2) is 54.6 Å². The van der Waals surface area contributed by atoms with Crippen LogP contribution in [0.2, 0.25) is 0 Å². The summed E-state index contributed by atoms with van der Waals surface area (Å²) in [6.07, 6.45) is 0.968. The van der Waals surface area contributed by atoms with E-state index in [1.54, 1.807) is 13.0 Å². The molecule has 0 N–H and O–H groups in total. The fourth-order valence-corrected chi connectivity index (χ4v) is 4.88. The molecule has 1 saturated heterocycles. The van der Waals surface area contributed by atoms with E-state index < -0.39 is 0 Å². The van der Waals surface area contributed by atoms with E-state index in [4.69, 9.17) is 4.74 Å². The summed E-state index contributed by atoms with van der Waals surface area (Å²) in [5.41, 5.74) is 3.52. The minimum atomic E-state index is -0.187. The van der Waals surface area contributed by atoms with Gasteiger partial charge in [-0.25, -0.2) is 4.39 Å². The van der Waals surface area contributed by atoms with Crippen LogP contribution in [-0.4, -0.2) is 55.0 Å². The lowest BCUT2D eigenvalue weighted by atomic mass is 10.1. The van der Waals surface area contributed by atoms with Crippen molar-refractivity contribution in [2.24, 2.45) is 0 Å². The monoisotopic (exact) mass is 447 g/mol. The second kappa shape index (κ2) is 9.40. The Morgan fingerprint density at radius 2 is 1.79 bits per heavy atom. The predicted octanol–water partition coefficient (Wildman–Crippen LogP) is 4.43. The highest BCUT2D eigenvalue weighted by atomic mass is 19.1. The number of carbonyl (C=O) groups is 1. The summed E-state index contributed by atoms with van der Waals surface area (Å²) in [4.78, 5) is 18.3. The van der Waals surface area contributed by atoms with Gasteiger partial charge in [-0.05, 0) is 53.3 Å². The third kappa shape index (κ3) is 4.81. The lowest BCUT2D eigenvalue weighted by Crippen LogP contribution is -2.46. The highest BCUT2D eigenvalue weighted by Crippen LogP contribution is 2.29. The first-order valence-corrected chi connectivity index (χ1v) is 11.7. The molecule has 0 bridgehead atoms. The number of hydrogen-bond acceptors (Lipinski definition) is 4.